The van der Waals surface area contributed by atoms with Crippen LogP contribution in [0.1, 0.15) is 5.56 Å². The summed E-state index contributed by atoms with van der Waals surface area (Å²) in [5, 5.41) is 9.94. The van der Waals surface area contributed by atoms with Gasteiger partial charge in [0.05, 0.1) is 22.8 Å². The van der Waals surface area contributed by atoms with E-state index in [2.05, 4.69) is 11.1 Å². The van der Waals surface area contributed by atoms with E-state index in [1.54, 1.807) is 0 Å². The predicted molar refractivity (Wildman–Crippen MR) is 94.0 cm³/mol. The highest BCUT2D eigenvalue weighted by atomic mass is 16.3. The first-order valence-corrected chi connectivity index (χ1v) is 7.51. The molecule has 0 aliphatic heterocycles. The summed E-state index contributed by atoms with van der Waals surface area (Å²) >= 11 is 0. The Morgan fingerprint density at radius 2 is 1.54 bits per heavy atom. The minimum Gasteiger partial charge on any atom is -0.437 e. The normalized spacial score (nSPS) is 10.6. The van der Waals surface area contributed by atoms with Crippen molar-refractivity contribution < 1.29 is 4.42 Å². The summed E-state index contributed by atoms with van der Waals surface area (Å²) in [6.07, 6.45) is 1.45. The quantitative estimate of drug-likeness (QED) is 0.586. The molecule has 0 fully saturated rings. The lowest BCUT2D eigenvalue weighted by molar-refractivity contribution is 0.619. The number of nitriles is 1. The number of rotatable bonds is 2. The first-order valence-electron chi connectivity index (χ1n) is 7.51. The Morgan fingerprint density at radius 1 is 0.917 bits per heavy atom. The van der Waals surface area contributed by atoms with Gasteiger partial charge in [-0.05, 0) is 5.56 Å². The van der Waals surface area contributed by atoms with Crippen LogP contribution in [0.3, 0.4) is 0 Å². The maximum atomic E-state index is 9.26. The van der Waals surface area contributed by atoms with E-state index in [1.165, 1.54) is 6.20 Å². The Bertz CT molecular complexity index is 1060. The molecule has 4 aromatic rings. The van der Waals surface area contributed by atoms with Crippen molar-refractivity contribution in [1.82, 2.24) is 4.98 Å². The summed E-state index contributed by atoms with van der Waals surface area (Å²) in [6.45, 7) is 0. The van der Waals surface area contributed by atoms with Crippen LogP contribution in [0, 0.1) is 11.3 Å². The fourth-order valence-electron chi connectivity index (χ4n) is 2.85. The van der Waals surface area contributed by atoms with Crippen LogP contribution in [-0.2, 0) is 0 Å². The van der Waals surface area contributed by atoms with Crippen LogP contribution in [0.25, 0.3) is 33.6 Å². The standard InChI is InChI=1S/C20H13N3O/c21-11-15-12-23-20-17(18(15)22)16(13-7-3-1-4-8-13)19(24-20)14-9-5-2-6-10-14/h1-10,12H,(H2,22,23). The SMILES string of the molecule is N#Cc1cnc2oc(-c3ccccc3)c(-c3ccccc3)c2c1N. The highest BCUT2D eigenvalue weighted by Crippen LogP contribution is 2.42. The van der Waals surface area contributed by atoms with Crippen LogP contribution in [0.4, 0.5) is 5.69 Å². The van der Waals surface area contributed by atoms with Gasteiger partial charge in [-0.2, -0.15) is 5.26 Å². The molecule has 0 saturated carbocycles. The van der Waals surface area contributed by atoms with Gasteiger partial charge in [0.25, 0.3) is 0 Å². The maximum Gasteiger partial charge on any atom is 0.229 e. The van der Waals surface area contributed by atoms with Crippen molar-refractivity contribution in [3.63, 3.8) is 0 Å². The molecule has 4 nitrogen and oxygen atoms in total. The number of nitrogens with two attached hydrogens (primary N) is 1. The van der Waals surface area contributed by atoms with Gasteiger partial charge in [0, 0.05) is 11.1 Å². The number of furan rings is 1. The Kier molecular flexibility index (Phi) is 3.25. The van der Waals surface area contributed by atoms with E-state index in [0.29, 0.717) is 28.1 Å². The Morgan fingerprint density at radius 3 is 2.17 bits per heavy atom. The molecule has 0 saturated heterocycles. The summed E-state index contributed by atoms with van der Waals surface area (Å²) in [7, 11) is 0. The number of nitrogens with zero attached hydrogens (tertiary/aromatic N) is 2. The van der Waals surface area contributed by atoms with E-state index < -0.39 is 0 Å². The zero-order valence-corrected chi connectivity index (χ0v) is 12.7. The lowest BCUT2D eigenvalue weighted by atomic mass is 9.98. The minimum absolute atomic E-state index is 0.347. The Labute approximate surface area is 138 Å². The molecule has 2 heterocycles. The zero-order chi connectivity index (χ0) is 16.5. The van der Waals surface area contributed by atoms with Crippen molar-refractivity contribution in [1.29, 1.82) is 5.26 Å². The highest BCUT2D eigenvalue weighted by Gasteiger charge is 2.21. The number of benzene rings is 2. The molecule has 2 aromatic carbocycles. The van der Waals surface area contributed by atoms with Gasteiger partial charge in [-0.15, -0.1) is 0 Å². The monoisotopic (exact) mass is 311 g/mol. The molecule has 4 rings (SSSR count). The number of pyridine rings is 1. The zero-order valence-electron chi connectivity index (χ0n) is 12.7. The third kappa shape index (κ3) is 2.11. The lowest BCUT2D eigenvalue weighted by Crippen LogP contribution is -1.93. The van der Waals surface area contributed by atoms with Crippen molar-refractivity contribution in [3.8, 4) is 28.5 Å². The van der Waals surface area contributed by atoms with Gasteiger partial charge in [0.15, 0.2) is 0 Å². The molecule has 2 N–H and O–H groups in total. The fourth-order valence-corrected chi connectivity index (χ4v) is 2.85. The van der Waals surface area contributed by atoms with Crippen LogP contribution in [0.15, 0.2) is 71.3 Å². The lowest BCUT2D eigenvalue weighted by Gasteiger charge is -2.05. The molecule has 0 atom stereocenters. The Hall–Kier alpha value is -3.58. The van der Waals surface area contributed by atoms with E-state index in [0.717, 1.165) is 16.7 Å². The second-order valence-electron chi connectivity index (χ2n) is 5.42. The van der Waals surface area contributed by atoms with Crippen LogP contribution >= 0.6 is 0 Å². The van der Waals surface area contributed by atoms with Gasteiger partial charge in [0.1, 0.15) is 11.8 Å². The third-order valence-corrected chi connectivity index (χ3v) is 3.98. The van der Waals surface area contributed by atoms with E-state index in [-0.39, 0.29) is 0 Å². The molecule has 2 aromatic heterocycles. The van der Waals surface area contributed by atoms with Crippen molar-refractivity contribution in [2.45, 2.75) is 0 Å². The summed E-state index contributed by atoms with van der Waals surface area (Å²) in [5.74, 6) is 0.700. The van der Waals surface area contributed by atoms with Crippen molar-refractivity contribution in [3.05, 3.63) is 72.4 Å². The average molecular weight is 311 g/mol. The summed E-state index contributed by atoms with van der Waals surface area (Å²) in [6, 6.07) is 21.8. The first kappa shape index (κ1) is 14.0. The molecule has 114 valence electrons. The molecule has 0 aliphatic carbocycles. The van der Waals surface area contributed by atoms with Crippen LogP contribution in [-0.4, -0.2) is 4.98 Å². The van der Waals surface area contributed by atoms with Gasteiger partial charge in [0.2, 0.25) is 5.71 Å². The number of fused-ring (bicyclic) bond motifs is 1. The van der Waals surface area contributed by atoms with Gasteiger partial charge in [-0.1, -0.05) is 60.7 Å². The van der Waals surface area contributed by atoms with Gasteiger partial charge < -0.3 is 10.2 Å². The molecule has 0 spiro atoms. The molecule has 0 amide bonds. The average Bonchev–Trinajstić information content (AvgIpc) is 3.04. The second kappa shape index (κ2) is 5.56. The van der Waals surface area contributed by atoms with E-state index in [4.69, 9.17) is 10.2 Å². The molecule has 0 radical (unpaired) electrons. The van der Waals surface area contributed by atoms with Gasteiger partial charge >= 0.3 is 0 Å². The molecular weight excluding hydrogens is 298 g/mol. The molecule has 24 heavy (non-hydrogen) atoms. The van der Waals surface area contributed by atoms with E-state index >= 15 is 0 Å². The predicted octanol–water partition coefficient (Wildman–Crippen LogP) is 4.62. The van der Waals surface area contributed by atoms with Crippen molar-refractivity contribution >= 4 is 16.8 Å². The molecular formula is C20H13N3O. The summed E-state index contributed by atoms with van der Waals surface area (Å²) in [4.78, 5) is 4.28. The molecule has 0 bridgehead atoms. The number of nitrogen functional groups attached to an aromatic ring is 1. The number of hydrogen-bond donors (Lipinski definition) is 1. The smallest absolute Gasteiger partial charge is 0.229 e. The van der Waals surface area contributed by atoms with Crippen LogP contribution in [0.5, 0.6) is 0 Å². The largest absolute Gasteiger partial charge is 0.437 e. The Balaban J connectivity index is 2.14. The summed E-state index contributed by atoms with van der Waals surface area (Å²) in [5.41, 5.74) is 10.2. The number of anilines is 1. The van der Waals surface area contributed by atoms with Crippen LogP contribution in [0.2, 0.25) is 0 Å². The highest BCUT2D eigenvalue weighted by molar-refractivity contribution is 6.07. The third-order valence-electron chi connectivity index (χ3n) is 3.98. The second-order valence-corrected chi connectivity index (χ2v) is 5.42. The molecule has 0 aliphatic rings. The fraction of sp³-hybridized carbons (Fsp3) is 0. The van der Waals surface area contributed by atoms with E-state index in [9.17, 15) is 5.26 Å². The summed E-state index contributed by atoms with van der Waals surface area (Å²) < 4.78 is 6.02. The maximum absolute atomic E-state index is 9.26. The molecule has 4 heteroatoms. The first-order chi connectivity index (χ1) is 11.8. The van der Waals surface area contributed by atoms with Gasteiger partial charge in [-0.3, -0.25) is 0 Å². The van der Waals surface area contributed by atoms with Crippen molar-refractivity contribution in [2.24, 2.45) is 0 Å². The topological polar surface area (TPSA) is 75.8 Å². The van der Waals surface area contributed by atoms with Crippen molar-refractivity contribution in [2.75, 3.05) is 5.73 Å². The minimum atomic E-state index is 0.347. The number of hydrogen-bond acceptors (Lipinski definition) is 4. The van der Waals surface area contributed by atoms with Gasteiger partial charge in [-0.25, -0.2) is 4.98 Å². The molecule has 0 unspecified atom stereocenters. The van der Waals surface area contributed by atoms with Crippen LogP contribution < -0.4 is 5.73 Å². The number of aromatic nitrogens is 1. The van der Waals surface area contributed by atoms with E-state index in [1.807, 2.05) is 60.7 Å².